The lowest BCUT2D eigenvalue weighted by Gasteiger charge is -2.11. The van der Waals surface area contributed by atoms with Crippen LogP contribution >= 0.6 is 11.6 Å². The van der Waals surface area contributed by atoms with Crippen molar-refractivity contribution in [3.8, 4) is 0 Å². The van der Waals surface area contributed by atoms with Crippen LogP contribution in [0.1, 0.15) is 21.6 Å². The molecule has 0 radical (unpaired) electrons. The van der Waals surface area contributed by atoms with Gasteiger partial charge in [-0.05, 0) is 69.4 Å². The van der Waals surface area contributed by atoms with Gasteiger partial charge in [0.05, 0.1) is 16.8 Å². The van der Waals surface area contributed by atoms with E-state index < -0.39 is 0 Å². The maximum Gasteiger partial charge on any atom is 0.257 e. The quantitative estimate of drug-likeness (QED) is 0.719. The number of hydrogen-bond donors (Lipinski definition) is 1. The Hall–Kier alpha value is -2.43. The van der Waals surface area contributed by atoms with Crippen molar-refractivity contribution in [2.75, 3.05) is 26.0 Å². The molecule has 2 aromatic carbocycles. The van der Waals surface area contributed by atoms with E-state index >= 15 is 0 Å². The SMILES string of the molecule is Cc1nc2ccc(Cl)cc2cc1C(=O)Nc1ccc(CCN(C)C)cc1. The Morgan fingerprint density at radius 1 is 1.12 bits per heavy atom. The number of aromatic nitrogens is 1. The summed E-state index contributed by atoms with van der Waals surface area (Å²) in [5.41, 5.74) is 4.09. The molecule has 0 spiro atoms. The molecule has 1 heterocycles. The fourth-order valence-corrected chi connectivity index (χ4v) is 2.96. The summed E-state index contributed by atoms with van der Waals surface area (Å²) < 4.78 is 0. The maximum atomic E-state index is 12.7. The lowest BCUT2D eigenvalue weighted by Crippen LogP contribution is -2.15. The number of anilines is 1. The Labute approximate surface area is 158 Å². The van der Waals surface area contributed by atoms with Gasteiger partial charge < -0.3 is 10.2 Å². The third kappa shape index (κ3) is 4.40. The van der Waals surface area contributed by atoms with Gasteiger partial charge in [0.25, 0.3) is 5.91 Å². The average molecular weight is 368 g/mol. The van der Waals surface area contributed by atoms with Gasteiger partial charge in [-0.2, -0.15) is 0 Å². The monoisotopic (exact) mass is 367 g/mol. The van der Waals surface area contributed by atoms with Crippen molar-refractivity contribution in [1.29, 1.82) is 0 Å². The van der Waals surface area contributed by atoms with Crippen LogP contribution in [0.3, 0.4) is 0 Å². The molecule has 0 fully saturated rings. The van der Waals surface area contributed by atoms with Crippen LogP contribution in [0.5, 0.6) is 0 Å². The Morgan fingerprint density at radius 3 is 2.54 bits per heavy atom. The first-order chi connectivity index (χ1) is 12.4. The minimum Gasteiger partial charge on any atom is -0.322 e. The molecule has 1 N–H and O–H groups in total. The lowest BCUT2D eigenvalue weighted by molar-refractivity contribution is 0.102. The van der Waals surface area contributed by atoms with Crippen LogP contribution in [0.15, 0.2) is 48.5 Å². The molecule has 3 rings (SSSR count). The molecule has 3 aromatic rings. The number of fused-ring (bicyclic) bond motifs is 1. The Kier molecular flexibility index (Phi) is 5.55. The maximum absolute atomic E-state index is 12.7. The second kappa shape index (κ2) is 7.85. The van der Waals surface area contributed by atoms with E-state index in [9.17, 15) is 4.79 Å². The van der Waals surface area contributed by atoms with E-state index in [1.807, 2.05) is 49.4 Å². The van der Waals surface area contributed by atoms with Gasteiger partial charge in [-0.25, -0.2) is 0 Å². The second-order valence-corrected chi connectivity index (χ2v) is 7.10. The summed E-state index contributed by atoms with van der Waals surface area (Å²) >= 11 is 6.05. The first-order valence-electron chi connectivity index (χ1n) is 8.54. The fourth-order valence-electron chi connectivity index (χ4n) is 2.78. The number of amides is 1. The molecule has 26 heavy (non-hydrogen) atoms. The minimum absolute atomic E-state index is 0.169. The molecule has 0 aliphatic rings. The Balaban J connectivity index is 1.77. The van der Waals surface area contributed by atoms with Crippen molar-refractivity contribution >= 4 is 34.1 Å². The van der Waals surface area contributed by atoms with Crippen molar-refractivity contribution in [2.24, 2.45) is 0 Å². The number of halogens is 1. The minimum atomic E-state index is -0.169. The van der Waals surface area contributed by atoms with Crippen LogP contribution in [0, 0.1) is 6.92 Å². The molecule has 0 unspecified atom stereocenters. The third-order valence-corrected chi connectivity index (χ3v) is 4.51. The third-order valence-electron chi connectivity index (χ3n) is 4.27. The number of aryl methyl sites for hydroxylation is 1. The summed E-state index contributed by atoms with van der Waals surface area (Å²) in [7, 11) is 4.11. The number of pyridine rings is 1. The van der Waals surface area contributed by atoms with Crippen molar-refractivity contribution in [2.45, 2.75) is 13.3 Å². The Morgan fingerprint density at radius 2 is 1.85 bits per heavy atom. The topological polar surface area (TPSA) is 45.2 Å². The molecule has 0 saturated heterocycles. The molecular formula is C21H22ClN3O. The summed E-state index contributed by atoms with van der Waals surface area (Å²) in [6, 6.07) is 15.3. The number of carbonyl (C=O) groups excluding carboxylic acids is 1. The highest BCUT2D eigenvalue weighted by Gasteiger charge is 2.12. The molecule has 0 saturated carbocycles. The predicted octanol–water partition coefficient (Wildman–Crippen LogP) is 4.55. The zero-order valence-electron chi connectivity index (χ0n) is 15.2. The van der Waals surface area contributed by atoms with Gasteiger partial charge in [-0.3, -0.25) is 9.78 Å². The number of hydrogen-bond acceptors (Lipinski definition) is 3. The molecule has 134 valence electrons. The molecule has 0 bridgehead atoms. The van der Waals surface area contributed by atoms with Gasteiger partial charge in [-0.1, -0.05) is 23.7 Å². The van der Waals surface area contributed by atoms with Crippen molar-refractivity contribution in [3.63, 3.8) is 0 Å². The van der Waals surface area contributed by atoms with Gasteiger partial charge >= 0.3 is 0 Å². The van der Waals surface area contributed by atoms with Crippen molar-refractivity contribution in [3.05, 3.63) is 70.4 Å². The number of carbonyl (C=O) groups is 1. The lowest BCUT2D eigenvalue weighted by atomic mass is 10.1. The van der Waals surface area contributed by atoms with Crippen LogP contribution in [0.4, 0.5) is 5.69 Å². The summed E-state index contributed by atoms with van der Waals surface area (Å²) in [4.78, 5) is 19.3. The zero-order valence-corrected chi connectivity index (χ0v) is 16.0. The standard InChI is InChI=1S/C21H22ClN3O/c1-14-19(13-16-12-17(22)6-9-20(16)23-14)21(26)24-18-7-4-15(5-8-18)10-11-25(2)3/h4-9,12-13H,10-11H2,1-3H3,(H,24,26). The molecule has 1 aromatic heterocycles. The van der Waals surface area contributed by atoms with E-state index in [-0.39, 0.29) is 5.91 Å². The molecule has 0 aliphatic carbocycles. The van der Waals surface area contributed by atoms with Crippen LogP contribution in [0.25, 0.3) is 10.9 Å². The number of nitrogens with zero attached hydrogens (tertiary/aromatic N) is 2. The largest absolute Gasteiger partial charge is 0.322 e. The number of rotatable bonds is 5. The highest BCUT2D eigenvalue weighted by atomic mass is 35.5. The molecule has 5 heteroatoms. The summed E-state index contributed by atoms with van der Waals surface area (Å²) in [6.07, 6.45) is 0.982. The fraction of sp³-hybridized carbons (Fsp3) is 0.238. The first kappa shape index (κ1) is 18.4. The van der Waals surface area contributed by atoms with Gasteiger partial charge in [0, 0.05) is 22.6 Å². The average Bonchev–Trinajstić information content (AvgIpc) is 2.60. The van der Waals surface area contributed by atoms with E-state index in [0.29, 0.717) is 16.3 Å². The summed E-state index contributed by atoms with van der Waals surface area (Å²) in [5, 5.41) is 4.43. The molecule has 4 nitrogen and oxygen atoms in total. The summed E-state index contributed by atoms with van der Waals surface area (Å²) in [5.74, 6) is -0.169. The van der Waals surface area contributed by atoms with E-state index in [2.05, 4.69) is 29.3 Å². The second-order valence-electron chi connectivity index (χ2n) is 6.66. The van der Waals surface area contributed by atoms with Crippen LogP contribution in [0.2, 0.25) is 5.02 Å². The van der Waals surface area contributed by atoms with Crippen LogP contribution in [-0.4, -0.2) is 36.4 Å². The van der Waals surface area contributed by atoms with Gasteiger partial charge in [-0.15, -0.1) is 0 Å². The van der Waals surface area contributed by atoms with Crippen LogP contribution in [-0.2, 0) is 6.42 Å². The van der Waals surface area contributed by atoms with Crippen molar-refractivity contribution in [1.82, 2.24) is 9.88 Å². The van der Waals surface area contributed by atoms with Gasteiger partial charge in [0.1, 0.15) is 0 Å². The highest BCUT2D eigenvalue weighted by Crippen LogP contribution is 2.21. The smallest absolute Gasteiger partial charge is 0.257 e. The van der Waals surface area contributed by atoms with E-state index in [0.717, 1.165) is 29.6 Å². The molecule has 0 atom stereocenters. The number of likely N-dealkylation sites (N-methyl/N-ethyl adjacent to an activating group) is 1. The predicted molar refractivity (Wildman–Crippen MR) is 108 cm³/mol. The van der Waals surface area contributed by atoms with E-state index in [4.69, 9.17) is 11.6 Å². The molecule has 0 aliphatic heterocycles. The first-order valence-corrected chi connectivity index (χ1v) is 8.92. The van der Waals surface area contributed by atoms with Gasteiger partial charge in [0.2, 0.25) is 0 Å². The van der Waals surface area contributed by atoms with Crippen molar-refractivity contribution < 1.29 is 4.79 Å². The highest BCUT2D eigenvalue weighted by molar-refractivity contribution is 6.31. The Bertz CT molecular complexity index is 936. The number of benzene rings is 2. The number of nitrogens with one attached hydrogen (secondary N) is 1. The van der Waals surface area contributed by atoms with Gasteiger partial charge in [0.15, 0.2) is 0 Å². The van der Waals surface area contributed by atoms with E-state index in [1.54, 1.807) is 6.07 Å². The normalized spacial score (nSPS) is 11.1. The van der Waals surface area contributed by atoms with E-state index in [1.165, 1.54) is 5.56 Å². The van der Waals surface area contributed by atoms with Crippen LogP contribution < -0.4 is 5.32 Å². The molecule has 1 amide bonds. The zero-order chi connectivity index (χ0) is 18.7. The summed E-state index contributed by atoms with van der Waals surface area (Å²) in [6.45, 7) is 2.84. The molecular weight excluding hydrogens is 346 g/mol.